The van der Waals surface area contributed by atoms with Crippen LogP contribution in [0.3, 0.4) is 0 Å². The minimum atomic E-state index is -0.989. The van der Waals surface area contributed by atoms with Gasteiger partial charge in [-0.15, -0.1) is 0 Å². The number of phenols is 1. The minimum absolute atomic E-state index is 0.0488. The second-order valence-corrected chi connectivity index (χ2v) is 10.1. The van der Waals surface area contributed by atoms with E-state index in [2.05, 4.69) is 4.90 Å². The van der Waals surface area contributed by atoms with Crippen LogP contribution in [0.2, 0.25) is 0 Å². The molecule has 206 valence electrons. The monoisotopic (exact) mass is 537 g/mol. The maximum Gasteiger partial charge on any atom is 0.201 e. The second-order valence-electron chi connectivity index (χ2n) is 10.1. The number of aryl methyl sites for hydroxylation is 1. The van der Waals surface area contributed by atoms with E-state index < -0.39 is 11.6 Å². The van der Waals surface area contributed by atoms with E-state index in [9.17, 15) is 13.9 Å². The van der Waals surface area contributed by atoms with Crippen molar-refractivity contribution in [3.63, 3.8) is 0 Å². The van der Waals surface area contributed by atoms with E-state index in [4.69, 9.17) is 9.47 Å². The molecule has 1 saturated heterocycles. The summed E-state index contributed by atoms with van der Waals surface area (Å²) in [6, 6.07) is 16.0. The van der Waals surface area contributed by atoms with Crippen LogP contribution in [0.5, 0.6) is 17.2 Å². The van der Waals surface area contributed by atoms with Crippen LogP contribution >= 0.6 is 0 Å². The van der Waals surface area contributed by atoms with Gasteiger partial charge in [0.05, 0.1) is 13.3 Å². The lowest BCUT2D eigenvalue weighted by Gasteiger charge is -2.19. The first kappa shape index (κ1) is 27.1. The molecule has 0 aromatic heterocycles. The molecule has 1 atom stereocenters. The average Bonchev–Trinajstić information content (AvgIpc) is 3.30. The second kappa shape index (κ2) is 12.2. The molecule has 3 aromatic carbocycles. The van der Waals surface area contributed by atoms with Crippen LogP contribution in [0.25, 0.3) is 11.1 Å². The van der Waals surface area contributed by atoms with E-state index in [0.717, 1.165) is 60.5 Å². The van der Waals surface area contributed by atoms with Crippen molar-refractivity contribution in [2.24, 2.45) is 0 Å². The van der Waals surface area contributed by atoms with Crippen molar-refractivity contribution < 1.29 is 27.8 Å². The molecular formula is C32H34F3NO3. The first-order valence-electron chi connectivity index (χ1n) is 13.7. The lowest BCUT2D eigenvalue weighted by Crippen LogP contribution is -2.26. The van der Waals surface area contributed by atoms with E-state index in [-0.39, 0.29) is 36.4 Å². The highest BCUT2D eigenvalue weighted by atomic mass is 19.2. The van der Waals surface area contributed by atoms with Crippen molar-refractivity contribution in [3.05, 3.63) is 88.5 Å². The van der Waals surface area contributed by atoms with Crippen LogP contribution in [-0.2, 0) is 6.42 Å². The quantitative estimate of drug-likeness (QED) is 0.314. The lowest BCUT2D eigenvalue weighted by atomic mass is 9.87. The van der Waals surface area contributed by atoms with Gasteiger partial charge in [0, 0.05) is 25.2 Å². The summed E-state index contributed by atoms with van der Waals surface area (Å²) in [5.41, 5.74) is 4.46. The van der Waals surface area contributed by atoms with Gasteiger partial charge in [0.15, 0.2) is 11.6 Å². The molecule has 2 aliphatic rings. The number of benzene rings is 3. The van der Waals surface area contributed by atoms with E-state index in [1.807, 2.05) is 30.3 Å². The molecule has 0 unspecified atom stereocenters. The van der Waals surface area contributed by atoms with Crippen molar-refractivity contribution in [2.45, 2.75) is 45.1 Å². The molecule has 1 aliphatic heterocycles. The maximum atomic E-state index is 15.5. The third-order valence-corrected chi connectivity index (χ3v) is 7.49. The Bertz CT molecular complexity index is 1340. The summed E-state index contributed by atoms with van der Waals surface area (Å²) < 4.78 is 54.4. The Morgan fingerprint density at radius 2 is 1.77 bits per heavy atom. The molecule has 5 rings (SSSR count). The number of hydrogen-bond donors (Lipinski definition) is 1. The molecule has 1 aliphatic carbocycles. The van der Waals surface area contributed by atoms with Crippen molar-refractivity contribution in [2.75, 3.05) is 32.9 Å². The molecule has 1 N–H and O–H groups in total. The Morgan fingerprint density at radius 1 is 0.974 bits per heavy atom. The fraction of sp³-hybridized carbons (Fsp3) is 0.375. The third kappa shape index (κ3) is 5.93. The van der Waals surface area contributed by atoms with Crippen LogP contribution in [0.4, 0.5) is 13.2 Å². The van der Waals surface area contributed by atoms with Crippen LogP contribution in [0.1, 0.15) is 54.9 Å². The van der Waals surface area contributed by atoms with Crippen molar-refractivity contribution in [1.82, 2.24) is 4.90 Å². The minimum Gasteiger partial charge on any atom is -0.508 e. The first-order valence-corrected chi connectivity index (χ1v) is 13.7. The topological polar surface area (TPSA) is 41.9 Å². The number of rotatable bonds is 9. The van der Waals surface area contributed by atoms with Gasteiger partial charge in [0.2, 0.25) is 5.82 Å². The van der Waals surface area contributed by atoms with Crippen LogP contribution in [0, 0.1) is 11.6 Å². The number of nitrogens with zero attached hydrogens (tertiary/aromatic N) is 1. The Hall–Kier alpha value is -3.45. The van der Waals surface area contributed by atoms with Gasteiger partial charge in [0.1, 0.15) is 17.6 Å². The number of likely N-dealkylation sites (tertiary alicyclic amines) is 1. The first-order chi connectivity index (χ1) is 19.0. The molecule has 0 bridgehead atoms. The molecule has 3 aromatic rings. The van der Waals surface area contributed by atoms with Gasteiger partial charge in [-0.25, -0.2) is 4.39 Å². The molecule has 0 radical (unpaired) electrons. The van der Waals surface area contributed by atoms with Gasteiger partial charge in [-0.2, -0.15) is 4.39 Å². The predicted octanol–water partition coefficient (Wildman–Crippen LogP) is 7.18. The van der Waals surface area contributed by atoms with Gasteiger partial charge in [-0.05, 0) is 103 Å². The van der Waals surface area contributed by atoms with Gasteiger partial charge >= 0.3 is 0 Å². The molecule has 39 heavy (non-hydrogen) atoms. The van der Waals surface area contributed by atoms with Gasteiger partial charge < -0.3 is 14.6 Å². The van der Waals surface area contributed by atoms with Gasteiger partial charge in [0.25, 0.3) is 0 Å². The summed E-state index contributed by atoms with van der Waals surface area (Å²) in [4.78, 5) is 2.22. The summed E-state index contributed by atoms with van der Waals surface area (Å²) in [5.74, 6) is -1.10. The smallest absolute Gasteiger partial charge is 0.201 e. The Kier molecular flexibility index (Phi) is 8.46. The molecule has 0 spiro atoms. The number of halogens is 3. The molecule has 7 heteroatoms. The maximum absolute atomic E-state index is 15.5. The molecule has 0 saturated carbocycles. The number of phenolic OH excluding ortho intramolecular Hbond substituents is 1. The van der Waals surface area contributed by atoms with Gasteiger partial charge in [-0.3, -0.25) is 9.29 Å². The number of allylic oxidation sites excluding steroid dienone is 1. The van der Waals surface area contributed by atoms with E-state index in [0.29, 0.717) is 24.8 Å². The number of alkyl halides is 1. The van der Waals surface area contributed by atoms with E-state index in [1.54, 1.807) is 25.1 Å². The number of aromatic hydroxyl groups is 1. The number of ether oxygens (including phenoxy) is 2. The van der Waals surface area contributed by atoms with Crippen LogP contribution in [-0.4, -0.2) is 49.0 Å². The zero-order chi connectivity index (χ0) is 27.4. The Balaban J connectivity index is 1.51. The molecule has 1 fully saturated rings. The Morgan fingerprint density at radius 3 is 2.54 bits per heavy atom. The summed E-state index contributed by atoms with van der Waals surface area (Å²) in [7, 11) is 0. The van der Waals surface area contributed by atoms with Gasteiger partial charge in [-0.1, -0.05) is 18.2 Å². The van der Waals surface area contributed by atoms with Crippen LogP contribution < -0.4 is 9.47 Å². The van der Waals surface area contributed by atoms with Crippen molar-refractivity contribution >= 4 is 11.1 Å². The Labute approximate surface area is 227 Å². The predicted molar refractivity (Wildman–Crippen MR) is 147 cm³/mol. The zero-order valence-corrected chi connectivity index (χ0v) is 22.2. The molecular weight excluding hydrogens is 503 g/mol. The third-order valence-electron chi connectivity index (χ3n) is 7.49. The lowest BCUT2D eigenvalue weighted by molar-refractivity contribution is 0.198. The molecule has 0 amide bonds. The highest BCUT2D eigenvalue weighted by Gasteiger charge is 2.26. The fourth-order valence-electron chi connectivity index (χ4n) is 5.68. The number of fused-ring (bicyclic) bond motifs is 1. The standard InChI is InChI=1S/C32H34F3NO3/c1-2-38-29-14-13-28(31(34)32(29)35)27-6-3-5-22-19-23(37)9-12-26(22)30(27)21-7-10-24(11-8-21)39-25-15-18-36(20-25)17-4-16-33/h7-14,19,25,37H,2-6,15-18,20H2,1H3/t25-/m0/s1. The van der Waals surface area contributed by atoms with Crippen molar-refractivity contribution in [3.8, 4) is 17.2 Å². The molecule has 1 heterocycles. The van der Waals surface area contributed by atoms with E-state index >= 15 is 4.39 Å². The largest absolute Gasteiger partial charge is 0.508 e. The highest BCUT2D eigenvalue weighted by molar-refractivity contribution is 6.00. The van der Waals surface area contributed by atoms with Crippen molar-refractivity contribution in [1.29, 1.82) is 0 Å². The fourth-order valence-corrected chi connectivity index (χ4v) is 5.68. The highest BCUT2D eigenvalue weighted by Crippen LogP contribution is 2.42. The summed E-state index contributed by atoms with van der Waals surface area (Å²) >= 11 is 0. The normalized spacial score (nSPS) is 17.7. The summed E-state index contributed by atoms with van der Waals surface area (Å²) in [6.07, 6.45) is 3.46. The average molecular weight is 538 g/mol. The summed E-state index contributed by atoms with van der Waals surface area (Å²) in [6.45, 7) is 4.07. The summed E-state index contributed by atoms with van der Waals surface area (Å²) in [5, 5.41) is 10.1. The zero-order valence-electron chi connectivity index (χ0n) is 22.2. The molecule has 4 nitrogen and oxygen atoms in total. The van der Waals surface area contributed by atoms with E-state index in [1.165, 1.54) is 6.07 Å². The van der Waals surface area contributed by atoms with Crippen LogP contribution in [0.15, 0.2) is 54.6 Å². The SMILES string of the molecule is CCOc1ccc(C2=C(c3ccc(O[C@H]4CCN(CCCF)C4)cc3)c3ccc(O)cc3CCC2)c(F)c1F. The number of hydrogen-bond acceptors (Lipinski definition) is 4.